The second kappa shape index (κ2) is 11.8. The molecule has 0 aromatic carbocycles. The van der Waals surface area contributed by atoms with Crippen molar-refractivity contribution in [3.05, 3.63) is 40.7 Å². The Morgan fingerprint density at radius 1 is 1.00 bits per heavy atom. The van der Waals surface area contributed by atoms with Crippen LogP contribution in [0.15, 0.2) is 24.3 Å². The standard InChI is InChI=1S/C21H26ClF3N6O3/c1-20(2,3)34-19(33)27-12-6-4-5-11-26-17-13(7-9-15(22)28-17)18(32)29-16-10-8-14(30-31-16)21(23,24)25/h7-10H,4-6,11-12H2,1-3H3,(H,26,28)(H,27,33)(H,29,31,32). The van der Waals surface area contributed by atoms with Gasteiger partial charge < -0.3 is 20.7 Å². The van der Waals surface area contributed by atoms with Crippen molar-refractivity contribution >= 4 is 35.2 Å². The molecule has 0 atom stereocenters. The number of alkyl halides is 3. The summed E-state index contributed by atoms with van der Waals surface area (Å²) in [5, 5.41) is 14.7. The van der Waals surface area contributed by atoms with E-state index < -0.39 is 29.5 Å². The van der Waals surface area contributed by atoms with Crippen molar-refractivity contribution < 1.29 is 27.5 Å². The molecule has 0 saturated heterocycles. The number of ether oxygens (including phenoxy) is 1. The molecule has 0 aliphatic heterocycles. The zero-order valence-corrected chi connectivity index (χ0v) is 19.7. The Morgan fingerprint density at radius 2 is 1.71 bits per heavy atom. The zero-order chi connectivity index (χ0) is 25.4. The second-order valence-corrected chi connectivity index (χ2v) is 8.59. The highest BCUT2D eigenvalue weighted by molar-refractivity contribution is 6.29. The van der Waals surface area contributed by atoms with Crippen molar-refractivity contribution in [3.8, 4) is 0 Å². The summed E-state index contributed by atoms with van der Waals surface area (Å²) in [7, 11) is 0. The molecule has 0 saturated carbocycles. The molecule has 0 aliphatic rings. The van der Waals surface area contributed by atoms with Gasteiger partial charge in [-0.15, -0.1) is 10.2 Å². The van der Waals surface area contributed by atoms with Crippen molar-refractivity contribution in [2.24, 2.45) is 0 Å². The third kappa shape index (κ3) is 9.38. The van der Waals surface area contributed by atoms with Gasteiger partial charge >= 0.3 is 12.3 Å². The van der Waals surface area contributed by atoms with Crippen LogP contribution < -0.4 is 16.0 Å². The van der Waals surface area contributed by atoms with Gasteiger partial charge in [0.2, 0.25) is 0 Å². The van der Waals surface area contributed by atoms with Crippen LogP contribution in [0.4, 0.5) is 29.6 Å². The number of unbranched alkanes of at least 4 members (excludes halogenated alkanes) is 2. The van der Waals surface area contributed by atoms with Gasteiger partial charge in [-0.05, 0) is 64.3 Å². The van der Waals surface area contributed by atoms with Crippen molar-refractivity contribution in [1.29, 1.82) is 0 Å². The third-order valence-corrected chi connectivity index (χ3v) is 4.33. The largest absolute Gasteiger partial charge is 0.444 e. The van der Waals surface area contributed by atoms with Crippen LogP contribution in [0.2, 0.25) is 5.15 Å². The van der Waals surface area contributed by atoms with E-state index >= 15 is 0 Å². The summed E-state index contributed by atoms with van der Waals surface area (Å²) in [6, 6.07) is 4.59. The highest BCUT2D eigenvalue weighted by Gasteiger charge is 2.33. The highest BCUT2D eigenvalue weighted by Crippen LogP contribution is 2.27. The predicted molar refractivity (Wildman–Crippen MR) is 121 cm³/mol. The van der Waals surface area contributed by atoms with E-state index in [1.165, 1.54) is 12.1 Å². The van der Waals surface area contributed by atoms with Gasteiger partial charge in [-0.2, -0.15) is 13.2 Å². The van der Waals surface area contributed by atoms with Crippen molar-refractivity contribution in [2.75, 3.05) is 23.7 Å². The number of nitrogens with zero attached hydrogens (tertiary/aromatic N) is 3. The van der Waals surface area contributed by atoms with Crippen molar-refractivity contribution in [3.63, 3.8) is 0 Å². The van der Waals surface area contributed by atoms with Crippen molar-refractivity contribution in [2.45, 2.75) is 51.8 Å². The first-order valence-corrected chi connectivity index (χ1v) is 10.8. The Bertz CT molecular complexity index is 981. The van der Waals surface area contributed by atoms with E-state index in [9.17, 15) is 22.8 Å². The SMILES string of the molecule is CC(C)(C)OC(=O)NCCCCCNc1nc(Cl)ccc1C(=O)Nc1ccc(C(F)(F)F)nn1. The Labute approximate surface area is 199 Å². The number of hydrogen-bond donors (Lipinski definition) is 3. The van der Waals surface area contributed by atoms with Crippen LogP contribution in [0.5, 0.6) is 0 Å². The first-order chi connectivity index (χ1) is 15.8. The van der Waals surface area contributed by atoms with E-state index in [-0.39, 0.29) is 22.4 Å². The second-order valence-electron chi connectivity index (χ2n) is 8.20. The molecular weight excluding hydrogens is 477 g/mol. The molecule has 186 valence electrons. The summed E-state index contributed by atoms with van der Waals surface area (Å²) in [5.41, 5.74) is -1.58. The smallest absolute Gasteiger partial charge is 0.435 e. The molecule has 0 radical (unpaired) electrons. The summed E-state index contributed by atoms with van der Waals surface area (Å²) in [6.07, 6.45) is -2.87. The Hall–Kier alpha value is -3.15. The number of rotatable bonds is 9. The topological polar surface area (TPSA) is 118 Å². The Kier molecular flexibility index (Phi) is 9.42. The van der Waals surface area contributed by atoms with E-state index in [1.807, 2.05) is 0 Å². The highest BCUT2D eigenvalue weighted by atomic mass is 35.5. The van der Waals surface area contributed by atoms with Gasteiger partial charge in [-0.25, -0.2) is 9.78 Å². The maximum atomic E-state index is 12.6. The number of pyridine rings is 1. The first-order valence-electron chi connectivity index (χ1n) is 10.4. The molecule has 0 spiro atoms. The molecule has 3 N–H and O–H groups in total. The first kappa shape index (κ1) is 27.1. The molecule has 0 bridgehead atoms. The third-order valence-electron chi connectivity index (χ3n) is 4.12. The van der Waals surface area contributed by atoms with Crippen LogP contribution in [-0.4, -0.2) is 45.9 Å². The fourth-order valence-corrected chi connectivity index (χ4v) is 2.77. The lowest BCUT2D eigenvalue weighted by Gasteiger charge is -2.19. The lowest BCUT2D eigenvalue weighted by molar-refractivity contribution is -0.141. The summed E-state index contributed by atoms with van der Waals surface area (Å²) >= 11 is 5.93. The van der Waals surface area contributed by atoms with Gasteiger partial charge in [0.15, 0.2) is 11.5 Å². The van der Waals surface area contributed by atoms with Crippen LogP contribution >= 0.6 is 11.6 Å². The molecule has 2 rings (SSSR count). The molecule has 2 heterocycles. The number of nitrogens with one attached hydrogen (secondary N) is 3. The van der Waals surface area contributed by atoms with Crippen molar-refractivity contribution in [1.82, 2.24) is 20.5 Å². The average molecular weight is 503 g/mol. The van der Waals surface area contributed by atoms with E-state index in [0.717, 1.165) is 31.4 Å². The Morgan fingerprint density at radius 3 is 2.32 bits per heavy atom. The zero-order valence-electron chi connectivity index (χ0n) is 18.9. The van der Waals surface area contributed by atoms with Gasteiger partial charge in [-0.1, -0.05) is 11.6 Å². The minimum atomic E-state index is -4.63. The number of aromatic nitrogens is 3. The molecule has 2 aromatic heterocycles. The molecule has 34 heavy (non-hydrogen) atoms. The van der Waals surface area contributed by atoms with Crippen LogP contribution in [0.3, 0.4) is 0 Å². The number of carbonyl (C=O) groups is 2. The van der Waals surface area contributed by atoms with Crippen LogP contribution in [0, 0.1) is 0 Å². The molecule has 0 aliphatic carbocycles. The Balaban J connectivity index is 1.84. The van der Waals surface area contributed by atoms with Gasteiger partial charge in [-0.3, -0.25) is 4.79 Å². The number of hydrogen-bond acceptors (Lipinski definition) is 7. The molecule has 2 amide bonds. The van der Waals surface area contributed by atoms with Gasteiger partial charge in [0.05, 0.1) is 5.56 Å². The lowest BCUT2D eigenvalue weighted by atomic mass is 10.2. The quantitative estimate of drug-likeness (QED) is 0.329. The number of alkyl carbamates (subject to hydrolysis) is 1. The maximum absolute atomic E-state index is 12.6. The monoisotopic (exact) mass is 502 g/mol. The number of amides is 2. The van der Waals surface area contributed by atoms with E-state index in [4.69, 9.17) is 16.3 Å². The molecule has 13 heteroatoms. The van der Waals surface area contributed by atoms with Gasteiger partial charge in [0.25, 0.3) is 5.91 Å². The van der Waals surface area contributed by atoms with E-state index in [1.54, 1.807) is 20.8 Å². The molecule has 0 unspecified atom stereocenters. The summed E-state index contributed by atoms with van der Waals surface area (Å²) in [5.74, 6) is -0.560. The summed E-state index contributed by atoms with van der Waals surface area (Å²) < 4.78 is 43.0. The number of anilines is 2. The summed E-state index contributed by atoms with van der Waals surface area (Å²) in [4.78, 5) is 28.3. The predicted octanol–water partition coefficient (Wildman–Crippen LogP) is 4.90. The fraction of sp³-hybridized carbons (Fsp3) is 0.476. The number of halogens is 4. The lowest BCUT2D eigenvalue weighted by Crippen LogP contribution is -2.33. The number of carbonyl (C=O) groups excluding carboxylic acids is 2. The average Bonchev–Trinajstić information content (AvgIpc) is 2.71. The minimum Gasteiger partial charge on any atom is -0.444 e. The molecule has 9 nitrogen and oxygen atoms in total. The summed E-state index contributed by atoms with van der Waals surface area (Å²) in [6.45, 7) is 6.29. The van der Waals surface area contributed by atoms with Gasteiger partial charge in [0, 0.05) is 13.1 Å². The van der Waals surface area contributed by atoms with E-state index in [2.05, 4.69) is 31.1 Å². The van der Waals surface area contributed by atoms with Crippen LogP contribution in [-0.2, 0) is 10.9 Å². The van der Waals surface area contributed by atoms with Crippen LogP contribution in [0.25, 0.3) is 0 Å². The minimum absolute atomic E-state index is 0.137. The molecule has 0 fully saturated rings. The molecule has 2 aromatic rings. The van der Waals surface area contributed by atoms with Gasteiger partial charge in [0.1, 0.15) is 16.6 Å². The normalized spacial score (nSPS) is 11.6. The van der Waals surface area contributed by atoms with Crippen LogP contribution in [0.1, 0.15) is 56.1 Å². The fourth-order valence-electron chi connectivity index (χ4n) is 2.63. The van der Waals surface area contributed by atoms with E-state index in [0.29, 0.717) is 13.1 Å². The maximum Gasteiger partial charge on any atom is 0.435 e. The molecular formula is C21H26ClF3N6O3.